The highest BCUT2D eigenvalue weighted by molar-refractivity contribution is 7.86. The quantitative estimate of drug-likeness (QED) is 0.479. The second-order valence-corrected chi connectivity index (χ2v) is 5.25. The number of hydrogen-bond acceptors (Lipinski definition) is 4. The van der Waals surface area contributed by atoms with Crippen LogP contribution in [-0.2, 0) is 19.1 Å². The molecular formula is C10H20O4S. The number of rotatable bonds is 8. The first kappa shape index (κ1) is 14.4. The Bertz CT molecular complexity index is 269. The highest BCUT2D eigenvalue weighted by atomic mass is 32.2. The number of hydrogen-bond donors (Lipinski definition) is 0. The van der Waals surface area contributed by atoms with Crippen LogP contribution in [0.4, 0.5) is 0 Å². The zero-order valence-electron chi connectivity index (χ0n) is 9.49. The molecule has 90 valence electrons. The van der Waals surface area contributed by atoms with Crippen molar-refractivity contribution in [1.82, 2.24) is 0 Å². The fraction of sp³-hybridized carbons (Fsp3) is 0.900. The molecular weight excluding hydrogens is 216 g/mol. The van der Waals surface area contributed by atoms with E-state index in [1.807, 2.05) is 0 Å². The minimum absolute atomic E-state index is 0.194. The SMILES string of the molecule is CCCCCCCCC(=O)OS(C)(=O)=O. The molecule has 0 heterocycles. The standard InChI is InChI=1S/C10H20O4S/c1-3-4-5-6-7-8-9-10(11)14-15(2,12)13/h3-9H2,1-2H3. The fourth-order valence-electron chi connectivity index (χ4n) is 1.26. The van der Waals surface area contributed by atoms with E-state index in [4.69, 9.17) is 0 Å². The molecule has 0 saturated heterocycles. The van der Waals surface area contributed by atoms with E-state index in [0.717, 1.165) is 19.1 Å². The molecule has 0 aromatic carbocycles. The van der Waals surface area contributed by atoms with Crippen molar-refractivity contribution in [3.63, 3.8) is 0 Å². The highest BCUT2D eigenvalue weighted by Crippen LogP contribution is 2.07. The summed E-state index contributed by atoms with van der Waals surface area (Å²) in [6, 6.07) is 0. The first-order chi connectivity index (χ1) is 6.95. The molecule has 0 aliphatic heterocycles. The largest absolute Gasteiger partial charge is 0.346 e. The molecule has 0 rings (SSSR count). The molecule has 0 radical (unpaired) electrons. The van der Waals surface area contributed by atoms with E-state index in [2.05, 4.69) is 11.1 Å². The van der Waals surface area contributed by atoms with Crippen molar-refractivity contribution in [2.75, 3.05) is 6.26 Å². The van der Waals surface area contributed by atoms with Gasteiger partial charge >= 0.3 is 16.1 Å². The van der Waals surface area contributed by atoms with Gasteiger partial charge in [-0.05, 0) is 6.42 Å². The van der Waals surface area contributed by atoms with Crippen LogP contribution in [0.1, 0.15) is 51.9 Å². The first-order valence-electron chi connectivity index (χ1n) is 5.38. The molecule has 0 spiro atoms. The fourth-order valence-corrected chi connectivity index (χ4v) is 1.68. The third kappa shape index (κ3) is 11.3. The highest BCUT2D eigenvalue weighted by Gasteiger charge is 2.09. The molecule has 0 N–H and O–H groups in total. The predicted molar refractivity (Wildman–Crippen MR) is 58.9 cm³/mol. The van der Waals surface area contributed by atoms with Crippen LogP contribution >= 0.6 is 0 Å². The van der Waals surface area contributed by atoms with Gasteiger partial charge in [0, 0.05) is 6.42 Å². The Balaban J connectivity index is 3.40. The van der Waals surface area contributed by atoms with E-state index < -0.39 is 16.1 Å². The van der Waals surface area contributed by atoms with Crippen molar-refractivity contribution in [2.24, 2.45) is 0 Å². The van der Waals surface area contributed by atoms with Crippen LogP contribution in [0.2, 0.25) is 0 Å². The molecule has 0 bridgehead atoms. The summed E-state index contributed by atoms with van der Waals surface area (Å²) in [5, 5.41) is 0. The zero-order chi connectivity index (χ0) is 11.7. The minimum atomic E-state index is -3.62. The summed E-state index contributed by atoms with van der Waals surface area (Å²) in [6.45, 7) is 2.14. The van der Waals surface area contributed by atoms with Gasteiger partial charge in [-0.3, -0.25) is 4.79 Å². The van der Waals surface area contributed by atoms with Crippen LogP contribution in [-0.4, -0.2) is 20.6 Å². The molecule has 0 atom stereocenters. The van der Waals surface area contributed by atoms with Gasteiger partial charge in [0.2, 0.25) is 0 Å². The summed E-state index contributed by atoms with van der Waals surface area (Å²) < 4.78 is 25.3. The maximum Gasteiger partial charge on any atom is 0.322 e. The molecule has 5 heteroatoms. The third-order valence-electron chi connectivity index (χ3n) is 1.98. The van der Waals surface area contributed by atoms with Gasteiger partial charge in [0.05, 0.1) is 6.26 Å². The first-order valence-corrected chi connectivity index (χ1v) is 7.19. The normalized spacial score (nSPS) is 11.3. The topological polar surface area (TPSA) is 60.4 Å². The van der Waals surface area contributed by atoms with Gasteiger partial charge in [-0.1, -0.05) is 39.0 Å². The van der Waals surface area contributed by atoms with Crippen molar-refractivity contribution in [3.8, 4) is 0 Å². The summed E-state index contributed by atoms with van der Waals surface area (Å²) in [5.41, 5.74) is 0. The van der Waals surface area contributed by atoms with E-state index in [9.17, 15) is 13.2 Å². The molecule has 0 fully saturated rings. The van der Waals surface area contributed by atoms with Crippen molar-refractivity contribution in [1.29, 1.82) is 0 Å². The number of carbonyl (C=O) groups is 1. The predicted octanol–water partition coefficient (Wildman–Crippen LogP) is 2.24. The summed E-state index contributed by atoms with van der Waals surface area (Å²) in [7, 11) is -3.62. The Morgan fingerprint density at radius 2 is 1.60 bits per heavy atom. The van der Waals surface area contributed by atoms with Crippen LogP contribution in [0.25, 0.3) is 0 Å². The molecule has 0 unspecified atom stereocenters. The van der Waals surface area contributed by atoms with E-state index in [-0.39, 0.29) is 6.42 Å². The van der Waals surface area contributed by atoms with Crippen LogP contribution in [0.15, 0.2) is 0 Å². The van der Waals surface area contributed by atoms with Crippen molar-refractivity contribution < 1.29 is 17.4 Å². The summed E-state index contributed by atoms with van der Waals surface area (Å²) in [5.74, 6) is -0.645. The molecule has 0 amide bonds. The molecule has 15 heavy (non-hydrogen) atoms. The Morgan fingerprint density at radius 3 is 2.13 bits per heavy atom. The van der Waals surface area contributed by atoms with Gasteiger partial charge in [0.1, 0.15) is 0 Å². The van der Waals surface area contributed by atoms with Crippen LogP contribution in [0.3, 0.4) is 0 Å². The van der Waals surface area contributed by atoms with Crippen molar-refractivity contribution >= 4 is 16.1 Å². The van der Waals surface area contributed by atoms with Gasteiger partial charge < -0.3 is 4.18 Å². The van der Waals surface area contributed by atoms with E-state index in [1.54, 1.807) is 0 Å². The Kier molecular flexibility index (Phi) is 7.38. The van der Waals surface area contributed by atoms with Crippen LogP contribution < -0.4 is 0 Å². The van der Waals surface area contributed by atoms with Gasteiger partial charge in [-0.2, -0.15) is 8.42 Å². The lowest BCUT2D eigenvalue weighted by molar-refractivity contribution is -0.133. The number of unbranched alkanes of at least 4 members (excludes halogenated alkanes) is 5. The second kappa shape index (κ2) is 7.68. The monoisotopic (exact) mass is 236 g/mol. The molecule has 0 aliphatic rings. The molecule has 0 aromatic heterocycles. The Hall–Kier alpha value is -0.580. The smallest absolute Gasteiger partial charge is 0.322 e. The lowest BCUT2D eigenvalue weighted by Gasteiger charge is -2.01. The Labute approximate surface area is 92.1 Å². The van der Waals surface area contributed by atoms with Gasteiger partial charge in [0.25, 0.3) is 0 Å². The van der Waals surface area contributed by atoms with Crippen molar-refractivity contribution in [3.05, 3.63) is 0 Å². The van der Waals surface area contributed by atoms with Gasteiger partial charge in [-0.25, -0.2) is 0 Å². The average Bonchev–Trinajstić information content (AvgIpc) is 2.08. The lowest BCUT2D eigenvalue weighted by Crippen LogP contribution is -2.10. The van der Waals surface area contributed by atoms with Gasteiger partial charge in [-0.15, -0.1) is 0 Å². The molecule has 4 nitrogen and oxygen atoms in total. The average molecular weight is 236 g/mol. The van der Waals surface area contributed by atoms with Crippen LogP contribution in [0.5, 0.6) is 0 Å². The summed E-state index contributed by atoms with van der Waals surface area (Å²) in [4.78, 5) is 10.9. The maximum atomic E-state index is 10.9. The summed E-state index contributed by atoms with van der Waals surface area (Å²) >= 11 is 0. The van der Waals surface area contributed by atoms with Gasteiger partial charge in [0.15, 0.2) is 0 Å². The maximum absolute atomic E-state index is 10.9. The minimum Gasteiger partial charge on any atom is -0.346 e. The van der Waals surface area contributed by atoms with E-state index in [0.29, 0.717) is 6.42 Å². The molecule has 0 aliphatic carbocycles. The molecule has 0 aromatic rings. The van der Waals surface area contributed by atoms with E-state index >= 15 is 0 Å². The Morgan fingerprint density at radius 1 is 1.07 bits per heavy atom. The van der Waals surface area contributed by atoms with E-state index in [1.165, 1.54) is 19.3 Å². The van der Waals surface area contributed by atoms with Crippen LogP contribution in [0, 0.1) is 0 Å². The third-order valence-corrected chi connectivity index (χ3v) is 2.47. The summed E-state index contributed by atoms with van der Waals surface area (Å²) in [6.07, 6.45) is 7.42. The number of carbonyl (C=O) groups excluding carboxylic acids is 1. The second-order valence-electron chi connectivity index (χ2n) is 3.68. The zero-order valence-corrected chi connectivity index (χ0v) is 10.3. The lowest BCUT2D eigenvalue weighted by atomic mass is 10.1. The van der Waals surface area contributed by atoms with Crippen molar-refractivity contribution in [2.45, 2.75) is 51.9 Å². The molecule has 0 saturated carbocycles.